The highest BCUT2D eigenvalue weighted by Crippen LogP contribution is 2.34. The van der Waals surface area contributed by atoms with Gasteiger partial charge in [-0.3, -0.25) is 14.6 Å². The monoisotopic (exact) mass is 611 g/mol. The first-order valence-electron chi connectivity index (χ1n) is 14.3. The molecular weight excluding hydrogens is 570 g/mol. The van der Waals surface area contributed by atoms with E-state index in [1.165, 1.54) is 10.6 Å². The van der Waals surface area contributed by atoms with E-state index in [1.54, 1.807) is 50.4 Å². The molecule has 2 amide bonds. The fourth-order valence-corrected chi connectivity index (χ4v) is 5.95. The molecule has 1 heterocycles. The van der Waals surface area contributed by atoms with Crippen LogP contribution in [-0.4, -0.2) is 81.7 Å². The van der Waals surface area contributed by atoms with Gasteiger partial charge in [-0.1, -0.05) is 24.3 Å². The van der Waals surface area contributed by atoms with Gasteiger partial charge >= 0.3 is 0 Å². The number of amides is 2. The number of nitrogens with one attached hydrogen (secondary N) is 1. The quantitative estimate of drug-likeness (QED) is 0.351. The van der Waals surface area contributed by atoms with Gasteiger partial charge < -0.3 is 25.4 Å². The molecule has 0 bridgehead atoms. The number of carbonyl (C=O) groups is 2. The van der Waals surface area contributed by atoms with Gasteiger partial charge in [0.15, 0.2) is 11.5 Å². The van der Waals surface area contributed by atoms with E-state index >= 15 is 0 Å². The molecule has 0 radical (unpaired) electrons. The third-order valence-corrected chi connectivity index (χ3v) is 9.19. The highest BCUT2D eigenvalue weighted by Gasteiger charge is 2.29. The third kappa shape index (κ3) is 8.35. The van der Waals surface area contributed by atoms with Gasteiger partial charge in [-0.25, -0.2) is 12.7 Å². The Hall–Kier alpha value is -3.90. The van der Waals surface area contributed by atoms with Crippen LogP contribution < -0.4 is 20.5 Å². The molecule has 3 N–H and O–H groups in total. The molecule has 2 aliphatic rings. The minimum Gasteiger partial charge on any atom is -0.493 e. The summed E-state index contributed by atoms with van der Waals surface area (Å²) in [6.07, 6.45) is 6.15. The Morgan fingerprint density at radius 3 is 2.37 bits per heavy atom. The Labute approximate surface area is 253 Å². The second-order valence-electron chi connectivity index (χ2n) is 11.0. The normalized spacial score (nSPS) is 16.9. The molecule has 0 unspecified atom stereocenters. The van der Waals surface area contributed by atoms with Crippen molar-refractivity contribution < 1.29 is 27.5 Å². The zero-order chi connectivity index (χ0) is 31.1. The SMILES string of the molecule is CN=C(C=C(N)C1CC1)C(=O)NCc1cccc(OCc2ccc(C(=O)N(C)C3CCN(S(C)(=O)=O)CC3)cc2)c1OC. The zero-order valence-electron chi connectivity index (χ0n) is 25.2. The molecule has 1 aliphatic carbocycles. The maximum atomic E-state index is 13.1. The van der Waals surface area contributed by atoms with Crippen molar-refractivity contribution >= 4 is 27.5 Å². The molecule has 4 rings (SSSR count). The number of nitrogens with two attached hydrogens (primary N) is 1. The van der Waals surface area contributed by atoms with Crippen molar-refractivity contribution in [1.29, 1.82) is 0 Å². The Kier molecular flexibility index (Phi) is 10.5. The summed E-state index contributed by atoms with van der Waals surface area (Å²) in [5.74, 6) is 0.955. The molecule has 43 heavy (non-hydrogen) atoms. The molecule has 0 spiro atoms. The standard InChI is InChI=1S/C31H41N5O6S/c1-33-27(18-26(32)22-12-13-22)30(37)34-19-24-6-5-7-28(29(24)41-3)42-20-21-8-10-23(11-9-21)31(38)35(2)25-14-16-36(17-15-25)43(4,39)40/h5-11,18,22,25H,12-17,19-20,32H2,1-4H3,(H,34,37). The number of allylic oxidation sites excluding steroid dienone is 1. The van der Waals surface area contributed by atoms with Gasteiger partial charge in [0.25, 0.3) is 11.8 Å². The van der Waals surface area contributed by atoms with Gasteiger partial charge in [0, 0.05) is 56.6 Å². The molecule has 11 nitrogen and oxygen atoms in total. The van der Waals surface area contributed by atoms with E-state index < -0.39 is 10.0 Å². The largest absolute Gasteiger partial charge is 0.493 e. The highest BCUT2D eigenvalue weighted by atomic mass is 32.2. The predicted octanol–water partition coefficient (Wildman–Crippen LogP) is 2.71. The molecule has 2 fully saturated rings. The van der Waals surface area contributed by atoms with Crippen LogP contribution in [0, 0.1) is 5.92 Å². The number of para-hydroxylation sites is 1. The molecule has 0 aromatic heterocycles. The Morgan fingerprint density at radius 1 is 1.12 bits per heavy atom. The smallest absolute Gasteiger partial charge is 0.269 e. The Balaban J connectivity index is 1.32. The van der Waals surface area contributed by atoms with Crippen LogP contribution in [0.25, 0.3) is 0 Å². The second kappa shape index (κ2) is 14.0. The summed E-state index contributed by atoms with van der Waals surface area (Å²) in [5, 5.41) is 2.88. The van der Waals surface area contributed by atoms with Crippen molar-refractivity contribution in [3.8, 4) is 11.5 Å². The lowest BCUT2D eigenvalue weighted by Crippen LogP contribution is -2.47. The number of hydrogen-bond donors (Lipinski definition) is 2. The lowest BCUT2D eigenvalue weighted by Gasteiger charge is -2.35. The fraction of sp³-hybridized carbons (Fsp3) is 0.452. The summed E-state index contributed by atoms with van der Waals surface area (Å²) in [4.78, 5) is 31.6. The zero-order valence-corrected chi connectivity index (χ0v) is 26.0. The summed E-state index contributed by atoms with van der Waals surface area (Å²) >= 11 is 0. The summed E-state index contributed by atoms with van der Waals surface area (Å²) in [5.41, 5.74) is 9.18. The average molecular weight is 612 g/mol. The van der Waals surface area contributed by atoms with Crippen LogP contribution >= 0.6 is 0 Å². The number of carbonyl (C=O) groups excluding carboxylic acids is 2. The van der Waals surface area contributed by atoms with Crippen molar-refractivity contribution in [3.05, 3.63) is 70.9 Å². The van der Waals surface area contributed by atoms with Crippen molar-refractivity contribution in [1.82, 2.24) is 14.5 Å². The van der Waals surface area contributed by atoms with Crippen LogP contribution in [0.2, 0.25) is 0 Å². The molecule has 1 saturated carbocycles. The van der Waals surface area contributed by atoms with E-state index in [-0.39, 0.29) is 36.7 Å². The lowest BCUT2D eigenvalue weighted by molar-refractivity contribution is -0.114. The van der Waals surface area contributed by atoms with E-state index in [2.05, 4.69) is 10.3 Å². The molecule has 232 valence electrons. The topological polar surface area (TPSA) is 144 Å². The van der Waals surface area contributed by atoms with E-state index in [9.17, 15) is 18.0 Å². The van der Waals surface area contributed by atoms with Gasteiger partial charge in [-0.15, -0.1) is 0 Å². The number of benzene rings is 2. The maximum Gasteiger partial charge on any atom is 0.269 e. The van der Waals surface area contributed by atoms with Crippen LogP contribution in [0.4, 0.5) is 0 Å². The van der Waals surface area contributed by atoms with E-state index in [0.29, 0.717) is 54.6 Å². The number of aliphatic imine (C=N–C) groups is 1. The first-order chi connectivity index (χ1) is 20.5. The second-order valence-corrected chi connectivity index (χ2v) is 12.9. The first-order valence-corrected chi connectivity index (χ1v) is 16.2. The maximum absolute atomic E-state index is 13.1. The number of sulfonamides is 1. The number of hydrogen-bond acceptors (Lipinski definition) is 8. The van der Waals surface area contributed by atoms with Crippen molar-refractivity contribution in [2.75, 3.05) is 40.6 Å². The lowest BCUT2D eigenvalue weighted by atomic mass is 10.0. The van der Waals surface area contributed by atoms with Gasteiger partial charge in [0.1, 0.15) is 12.3 Å². The van der Waals surface area contributed by atoms with Crippen molar-refractivity contribution in [3.63, 3.8) is 0 Å². The summed E-state index contributed by atoms with van der Waals surface area (Å²) in [6, 6.07) is 12.7. The first kappa shape index (κ1) is 32.0. The molecule has 2 aromatic carbocycles. The minimum absolute atomic E-state index is 0.0174. The van der Waals surface area contributed by atoms with Crippen LogP contribution in [0.5, 0.6) is 11.5 Å². The summed E-state index contributed by atoms with van der Waals surface area (Å²) in [7, 11) is 1.66. The van der Waals surface area contributed by atoms with Crippen LogP contribution in [0.3, 0.4) is 0 Å². The van der Waals surface area contributed by atoms with Gasteiger partial charge in [0.2, 0.25) is 10.0 Å². The van der Waals surface area contributed by atoms with E-state index in [1.807, 2.05) is 24.3 Å². The number of rotatable bonds is 12. The highest BCUT2D eigenvalue weighted by molar-refractivity contribution is 7.88. The summed E-state index contributed by atoms with van der Waals surface area (Å²) < 4.78 is 36.7. The molecule has 1 aliphatic heterocycles. The third-order valence-electron chi connectivity index (χ3n) is 7.89. The van der Waals surface area contributed by atoms with E-state index in [4.69, 9.17) is 15.2 Å². The number of ether oxygens (including phenoxy) is 2. The van der Waals surface area contributed by atoms with E-state index in [0.717, 1.165) is 24.0 Å². The number of nitrogens with zero attached hydrogens (tertiary/aromatic N) is 3. The molecule has 0 atom stereocenters. The number of piperidine rings is 1. The number of methoxy groups -OCH3 is 1. The van der Waals surface area contributed by atoms with Crippen LogP contribution in [0.1, 0.15) is 47.2 Å². The van der Waals surface area contributed by atoms with Gasteiger partial charge in [0.05, 0.1) is 13.4 Å². The van der Waals surface area contributed by atoms with Crippen LogP contribution in [-0.2, 0) is 28.0 Å². The van der Waals surface area contributed by atoms with Gasteiger partial charge in [-0.2, -0.15) is 0 Å². The Bertz CT molecular complexity index is 1480. The average Bonchev–Trinajstić information content (AvgIpc) is 3.86. The summed E-state index contributed by atoms with van der Waals surface area (Å²) in [6.45, 7) is 1.29. The Morgan fingerprint density at radius 2 is 1.79 bits per heavy atom. The minimum atomic E-state index is -3.22. The molecule has 2 aromatic rings. The van der Waals surface area contributed by atoms with Gasteiger partial charge in [-0.05, 0) is 61.4 Å². The fourth-order valence-electron chi connectivity index (χ4n) is 5.07. The molecule has 12 heteroatoms. The van der Waals surface area contributed by atoms with Crippen LogP contribution in [0.15, 0.2) is 59.2 Å². The van der Waals surface area contributed by atoms with Crippen molar-refractivity contribution in [2.24, 2.45) is 16.6 Å². The molecular formula is C31H41N5O6S. The van der Waals surface area contributed by atoms with Crippen molar-refractivity contribution in [2.45, 2.75) is 44.9 Å². The predicted molar refractivity (Wildman–Crippen MR) is 166 cm³/mol. The molecule has 1 saturated heterocycles.